The average molecular weight is 459 g/mol. The number of carbonyl (C=O) groups excluding carboxylic acids is 3. The molecular weight excluding hydrogens is 422 g/mol. The van der Waals surface area contributed by atoms with Crippen LogP contribution < -0.4 is 10.1 Å². The predicted octanol–water partition coefficient (Wildman–Crippen LogP) is 1.86. The Bertz CT molecular complexity index is 1430. The summed E-state index contributed by atoms with van der Waals surface area (Å²) in [4.78, 5) is 38.7. The molecule has 0 saturated carbocycles. The van der Waals surface area contributed by atoms with E-state index in [1.54, 1.807) is 42.5 Å². The van der Waals surface area contributed by atoms with Crippen molar-refractivity contribution in [2.45, 2.75) is 38.6 Å². The van der Waals surface area contributed by atoms with E-state index in [4.69, 9.17) is 17.1 Å². The van der Waals surface area contributed by atoms with Gasteiger partial charge in [-0.2, -0.15) is 0 Å². The van der Waals surface area contributed by atoms with Gasteiger partial charge in [0.25, 0.3) is 5.91 Å². The number of benzene rings is 2. The maximum absolute atomic E-state index is 13.1. The van der Waals surface area contributed by atoms with Crippen LogP contribution in [0.2, 0.25) is 0 Å². The standard InChI is InChI=1S/C25H27N3O5/c29-23-9-8-21(24(30)26-23)28-15-20-19(25(28)31)2-1-3-22(20)33-16-18-6-4-17(5-7-18)14-27-10-12-32-13-11-27/h1-7,21H,8-16H2,(H,26,29,30)/t21-/m0/s1/i10D2,11D2,12D2,13D2,21D. The van der Waals surface area contributed by atoms with Crippen molar-refractivity contribution in [2.24, 2.45) is 0 Å². The Hall–Kier alpha value is -3.23. The van der Waals surface area contributed by atoms with Crippen molar-refractivity contribution in [2.75, 3.05) is 26.1 Å². The number of nitrogens with one attached hydrogen (secondary N) is 1. The maximum Gasteiger partial charge on any atom is 0.255 e. The van der Waals surface area contributed by atoms with Crippen LogP contribution in [0.1, 0.15) is 52.2 Å². The zero-order valence-electron chi connectivity index (χ0n) is 26.5. The van der Waals surface area contributed by atoms with Crippen molar-refractivity contribution in [1.82, 2.24) is 15.1 Å². The Labute approximate surface area is 205 Å². The van der Waals surface area contributed by atoms with Crippen molar-refractivity contribution in [1.29, 1.82) is 0 Å². The molecule has 3 heterocycles. The minimum atomic E-state index is -3.12. The Morgan fingerprint density at radius 1 is 1.09 bits per heavy atom. The summed E-state index contributed by atoms with van der Waals surface area (Å²) in [7, 11) is 0. The van der Waals surface area contributed by atoms with Gasteiger partial charge in [0.2, 0.25) is 11.8 Å². The van der Waals surface area contributed by atoms with E-state index in [1.165, 1.54) is 0 Å². The molecule has 0 bridgehead atoms. The van der Waals surface area contributed by atoms with E-state index in [-0.39, 0.29) is 31.6 Å². The maximum atomic E-state index is 13.1. The van der Waals surface area contributed by atoms with E-state index in [9.17, 15) is 14.4 Å². The lowest BCUT2D eigenvalue weighted by Crippen LogP contribution is -2.52. The first-order valence-corrected chi connectivity index (χ1v) is 10.4. The van der Waals surface area contributed by atoms with Gasteiger partial charge in [0.05, 0.1) is 26.5 Å². The Morgan fingerprint density at radius 2 is 1.85 bits per heavy atom. The number of amides is 3. The highest BCUT2D eigenvalue weighted by atomic mass is 16.5. The third kappa shape index (κ3) is 4.62. The molecular formula is C25H27N3O5. The summed E-state index contributed by atoms with van der Waals surface area (Å²) in [6.45, 7) is -12.7. The molecule has 8 nitrogen and oxygen atoms in total. The molecule has 1 N–H and O–H groups in total. The van der Waals surface area contributed by atoms with Crippen molar-refractivity contribution in [3.05, 3.63) is 64.7 Å². The van der Waals surface area contributed by atoms with Crippen LogP contribution in [0.4, 0.5) is 0 Å². The van der Waals surface area contributed by atoms with Gasteiger partial charge < -0.3 is 14.4 Å². The number of imide groups is 1. The summed E-state index contributed by atoms with van der Waals surface area (Å²) in [5.74, 6) is -1.50. The van der Waals surface area contributed by atoms with Crippen molar-refractivity contribution in [3.8, 4) is 5.75 Å². The number of piperidine rings is 1. The molecule has 172 valence electrons. The summed E-state index contributed by atoms with van der Waals surface area (Å²) in [5, 5.41) is 2.12. The molecule has 2 aromatic rings. The normalized spacial score (nSPS) is 33.5. The first kappa shape index (κ1) is 13.5. The quantitative estimate of drug-likeness (QED) is 0.665. The molecule has 2 saturated heterocycles. The minimum Gasteiger partial charge on any atom is -0.489 e. The van der Waals surface area contributed by atoms with Crippen molar-refractivity contribution in [3.63, 3.8) is 0 Å². The van der Waals surface area contributed by atoms with E-state index >= 15 is 0 Å². The fourth-order valence-corrected chi connectivity index (χ4v) is 3.89. The number of carbonyl (C=O) groups is 3. The van der Waals surface area contributed by atoms with Crippen LogP contribution in [-0.4, -0.2) is 59.7 Å². The van der Waals surface area contributed by atoms with Crippen LogP contribution in [0.3, 0.4) is 0 Å². The molecule has 2 aromatic carbocycles. The van der Waals surface area contributed by atoms with Gasteiger partial charge in [-0.1, -0.05) is 30.3 Å². The van der Waals surface area contributed by atoms with Gasteiger partial charge in [-0.05, 0) is 29.7 Å². The second-order valence-corrected chi connectivity index (χ2v) is 7.72. The number of nitrogens with zero attached hydrogens (tertiary/aromatic N) is 2. The first-order chi connectivity index (χ1) is 19.4. The fourth-order valence-electron chi connectivity index (χ4n) is 3.89. The van der Waals surface area contributed by atoms with Gasteiger partial charge in [0.1, 0.15) is 18.4 Å². The Balaban J connectivity index is 1.29. The third-order valence-corrected chi connectivity index (χ3v) is 5.58. The predicted molar refractivity (Wildman–Crippen MR) is 119 cm³/mol. The molecule has 5 rings (SSSR count). The van der Waals surface area contributed by atoms with E-state index in [1.807, 2.05) is 0 Å². The molecule has 0 aliphatic carbocycles. The van der Waals surface area contributed by atoms with E-state index in [2.05, 4.69) is 10.1 Å². The largest absolute Gasteiger partial charge is 0.489 e. The van der Waals surface area contributed by atoms with Gasteiger partial charge in [-0.3, -0.25) is 24.6 Å². The van der Waals surface area contributed by atoms with Crippen LogP contribution in [0.25, 0.3) is 0 Å². The van der Waals surface area contributed by atoms with Crippen LogP contribution in [-0.2, 0) is 34.0 Å². The number of hydrogen-bond acceptors (Lipinski definition) is 6. The Morgan fingerprint density at radius 3 is 2.61 bits per heavy atom. The highest BCUT2D eigenvalue weighted by Gasteiger charge is 2.40. The molecule has 33 heavy (non-hydrogen) atoms. The highest BCUT2D eigenvalue weighted by Crippen LogP contribution is 2.34. The monoisotopic (exact) mass is 458 g/mol. The summed E-state index contributed by atoms with van der Waals surface area (Å²) in [6.07, 6.45) is -0.182. The second-order valence-electron chi connectivity index (χ2n) is 7.72. The lowest BCUT2D eigenvalue weighted by atomic mass is 10.0. The number of rotatable bonds is 6. The molecule has 0 spiro atoms. The van der Waals surface area contributed by atoms with E-state index < -0.39 is 56.4 Å². The second kappa shape index (κ2) is 9.33. The van der Waals surface area contributed by atoms with Crippen LogP contribution in [0.15, 0.2) is 42.5 Å². The smallest absolute Gasteiger partial charge is 0.255 e. The number of morpholine rings is 1. The zero-order valence-corrected chi connectivity index (χ0v) is 17.5. The molecule has 1 atom stereocenters. The van der Waals surface area contributed by atoms with E-state index in [0.29, 0.717) is 27.3 Å². The summed E-state index contributed by atoms with van der Waals surface area (Å²) in [6, 6.07) is 9.28. The molecule has 3 aliphatic heterocycles. The van der Waals surface area contributed by atoms with Crippen LogP contribution in [0, 0.1) is 0 Å². The lowest BCUT2D eigenvalue weighted by Gasteiger charge is -2.29. The van der Waals surface area contributed by atoms with Gasteiger partial charge in [-0.15, -0.1) is 0 Å². The zero-order chi connectivity index (χ0) is 30.9. The summed E-state index contributed by atoms with van der Waals surface area (Å²) >= 11 is 0. The molecule has 3 amide bonds. The number of hydrogen-bond donors (Lipinski definition) is 1. The molecule has 0 radical (unpaired) electrons. The first-order valence-electron chi connectivity index (χ1n) is 14.9. The number of fused-ring (bicyclic) bond motifs is 1. The highest BCUT2D eigenvalue weighted by molar-refractivity contribution is 6.05. The molecule has 3 aliphatic rings. The third-order valence-electron chi connectivity index (χ3n) is 5.58. The lowest BCUT2D eigenvalue weighted by molar-refractivity contribution is -0.136. The van der Waals surface area contributed by atoms with Crippen LogP contribution in [0.5, 0.6) is 5.75 Å². The minimum absolute atomic E-state index is 0.0379. The van der Waals surface area contributed by atoms with Crippen molar-refractivity contribution < 1.29 is 36.2 Å². The van der Waals surface area contributed by atoms with Crippen molar-refractivity contribution >= 4 is 17.7 Å². The molecule has 2 fully saturated rings. The summed E-state index contributed by atoms with van der Waals surface area (Å²) in [5.41, 5.74) is 1.81. The SMILES string of the molecule is [2H]C1([2H])OC([2H])([2H])C([2H])([2H])N(Cc2ccc(COc3cccc4c3CN([C@@]3([2H])CCC(=O)NC3=O)C4=O)cc2)C1([2H])[2H]. The topological polar surface area (TPSA) is 88.2 Å². The average Bonchev–Trinajstić information content (AvgIpc) is 3.25. The van der Waals surface area contributed by atoms with Gasteiger partial charge in [-0.25, -0.2) is 0 Å². The van der Waals surface area contributed by atoms with Gasteiger partial charge in [0, 0.05) is 42.6 Å². The molecule has 0 unspecified atom stereocenters. The van der Waals surface area contributed by atoms with E-state index in [0.717, 1.165) is 4.90 Å². The molecule has 0 aromatic heterocycles. The van der Waals surface area contributed by atoms with Gasteiger partial charge >= 0.3 is 0 Å². The summed E-state index contributed by atoms with van der Waals surface area (Å²) < 4.78 is 83.0. The van der Waals surface area contributed by atoms with Crippen LogP contribution >= 0.6 is 0 Å². The number of ether oxygens (including phenoxy) is 2. The fraction of sp³-hybridized carbons (Fsp3) is 0.400. The van der Waals surface area contributed by atoms with Gasteiger partial charge in [0.15, 0.2) is 0 Å². The molecule has 8 heteroatoms. The Kier molecular flexibility index (Phi) is 3.81.